The van der Waals surface area contributed by atoms with Gasteiger partial charge in [0.25, 0.3) is 5.91 Å². The predicted molar refractivity (Wildman–Crippen MR) is 112 cm³/mol. The van der Waals surface area contributed by atoms with Crippen LogP contribution in [0.4, 0.5) is 5.69 Å². The molecule has 1 aromatic heterocycles. The van der Waals surface area contributed by atoms with Crippen molar-refractivity contribution >= 4 is 28.4 Å². The van der Waals surface area contributed by atoms with Gasteiger partial charge in [-0.05, 0) is 41.3 Å². The summed E-state index contributed by atoms with van der Waals surface area (Å²) in [4.78, 5) is 29.4. The Kier molecular flexibility index (Phi) is 4.56. The first-order chi connectivity index (χ1) is 14.6. The fraction of sp³-hybridized carbons (Fsp3) is 0.304. The van der Waals surface area contributed by atoms with Crippen molar-refractivity contribution in [3.63, 3.8) is 0 Å². The molecule has 30 heavy (non-hydrogen) atoms. The molecular weight excluding hydrogens is 382 g/mol. The molecule has 1 saturated heterocycles. The van der Waals surface area contributed by atoms with E-state index >= 15 is 0 Å². The molecule has 7 heteroatoms. The number of aromatic amines is 1. The smallest absolute Gasteiger partial charge is 0.251 e. The summed E-state index contributed by atoms with van der Waals surface area (Å²) in [5.74, 6) is -0.966. The molecule has 0 unspecified atom stereocenters. The van der Waals surface area contributed by atoms with Gasteiger partial charge in [-0.25, -0.2) is 0 Å². The van der Waals surface area contributed by atoms with Gasteiger partial charge in [0.1, 0.15) is 0 Å². The van der Waals surface area contributed by atoms with Crippen molar-refractivity contribution in [2.45, 2.75) is 18.6 Å². The molecule has 7 nitrogen and oxygen atoms in total. The zero-order valence-corrected chi connectivity index (χ0v) is 16.7. The number of rotatable bonds is 5. The summed E-state index contributed by atoms with van der Waals surface area (Å²) in [6, 6.07) is 13.4. The van der Waals surface area contributed by atoms with E-state index in [1.807, 2.05) is 48.7 Å². The third-order valence-electron chi connectivity index (χ3n) is 5.91. The number of anilines is 1. The minimum atomic E-state index is -0.907. The highest BCUT2D eigenvalue weighted by atomic mass is 16.7. The first-order valence-electron chi connectivity index (χ1n) is 10.1. The minimum Gasteiger partial charge on any atom is -0.361 e. The molecule has 2 aliphatic rings. The second-order valence-corrected chi connectivity index (χ2v) is 7.71. The lowest BCUT2D eigenvalue weighted by Gasteiger charge is -2.28. The van der Waals surface area contributed by atoms with Crippen molar-refractivity contribution in [1.29, 1.82) is 0 Å². The second kappa shape index (κ2) is 7.27. The molecule has 0 saturated carbocycles. The van der Waals surface area contributed by atoms with Crippen LogP contribution in [0.25, 0.3) is 10.9 Å². The zero-order valence-electron chi connectivity index (χ0n) is 16.7. The maximum atomic E-state index is 12.6. The lowest BCUT2D eigenvalue weighted by atomic mass is 9.98. The average Bonchev–Trinajstić information content (AvgIpc) is 3.47. The lowest BCUT2D eigenvalue weighted by Crippen LogP contribution is -2.34. The maximum absolute atomic E-state index is 12.6. The minimum absolute atomic E-state index is 0.0794. The van der Waals surface area contributed by atoms with Crippen LogP contribution in [-0.4, -0.2) is 43.6 Å². The zero-order chi connectivity index (χ0) is 20.7. The van der Waals surface area contributed by atoms with E-state index in [1.165, 1.54) is 0 Å². The summed E-state index contributed by atoms with van der Waals surface area (Å²) in [6.07, 6.45) is 2.71. The van der Waals surface area contributed by atoms with E-state index in [0.717, 1.165) is 27.7 Å². The van der Waals surface area contributed by atoms with Gasteiger partial charge in [-0.2, -0.15) is 0 Å². The highest BCUT2D eigenvalue weighted by Crippen LogP contribution is 2.38. The molecule has 0 bridgehead atoms. The second-order valence-electron chi connectivity index (χ2n) is 7.71. The third kappa shape index (κ3) is 3.16. The van der Waals surface area contributed by atoms with Crippen LogP contribution in [0, 0.1) is 0 Å². The van der Waals surface area contributed by atoms with Crippen molar-refractivity contribution in [2.24, 2.45) is 0 Å². The molecule has 0 spiro atoms. The first kappa shape index (κ1) is 18.8. The molecule has 1 fully saturated rings. The van der Waals surface area contributed by atoms with Gasteiger partial charge in [0.15, 0.2) is 5.79 Å². The van der Waals surface area contributed by atoms with E-state index in [1.54, 1.807) is 11.9 Å². The van der Waals surface area contributed by atoms with Crippen LogP contribution < -0.4 is 10.2 Å². The Balaban J connectivity index is 1.30. The van der Waals surface area contributed by atoms with Gasteiger partial charge in [-0.3, -0.25) is 9.59 Å². The number of hydrogen-bond acceptors (Lipinski definition) is 4. The fourth-order valence-electron chi connectivity index (χ4n) is 4.25. The summed E-state index contributed by atoms with van der Waals surface area (Å²) in [5.41, 5.74) is 4.31. The largest absolute Gasteiger partial charge is 0.361 e. The Hall–Kier alpha value is -3.16. The normalized spacial score (nSPS) is 17.5. The van der Waals surface area contributed by atoms with Crippen LogP contribution in [-0.2, 0) is 26.5 Å². The van der Waals surface area contributed by atoms with Crippen LogP contribution >= 0.6 is 0 Å². The first-order valence-corrected chi connectivity index (χ1v) is 10.1. The number of fused-ring (bicyclic) bond motifs is 2. The summed E-state index contributed by atoms with van der Waals surface area (Å²) in [7, 11) is 1.78. The van der Waals surface area contributed by atoms with Gasteiger partial charge in [0.2, 0.25) is 5.91 Å². The predicted octanol–water partition coefficient (Wildman–Crippen LogP) is 2.71. The number of ether oxygens (including phenoxy) is 2. The van der Waals surface area contributed by atoms with E-state index in [2.05, 4.69) is 10.3 Å². The van der Waals surface area contributed by atoms with E-state index in [-0.39, 0.29) is 11.8 Å². The Bertz CT molecular complexity index is 1130. The number of hydrogen-bond donors (Lipinski definition) is 2. The summed E-state index contributed by atoms with van der Waals surface area (Å²) in [5, 5.41) is 4.04. The van der Waals surface area contributed by atoms with Crippen molar-refractivity contribution in [1.82, 2.24) is 10.3 Å². The standard InChI is InChI=1S/C23H23N3O4/c1-26-20-5-4-18(12-17(20)14-21(26)27)23(29-10-11-30-23)7-9-25-22(28)16-3-2-15-6-8-24-19(15)13-16/h2-6,8,12-13,24H,7,9-11,14H2,1H3,(H,25,28). The van der Waals surface area contributed by atoms with E-state index in [4.69, 9.17) is 9.47 Å². The number of amides is 2. The SMILES string of the molecule is CN1C(=O)Cc2cc(C3(CCNC(=O)c4ccc5cc[nH]c5c4)OCCO3)ccc21. The van der Waals surface area contributed by atoms with Gasteiger partial charge in [0.05, 0.1) is 19.6 Å². The number of nitrogens with one attached hydrogen (secondary N) is 2. The van der Waals surface area contributed by atoms with Gasteiger partial charge >= 0.3 is 0 Å². The monoisotopic (exact) mass is 405 g/mol. The Morgan fingerprint density at radius 2 is 2.00 bits per heavy atom. The van der Waals surface area contributed by atoms with Gasteiger partial charge in [-0.15, -0.1) is 0 Å². The van der Waals surface area contributed by atoms with Crippen LogP contribution in [0.5, 0.6) is 0 Å². The van der Waals surface area contributed by atoms with Gasteiger partial charge < -0.3 is 24.7 Å². The molecule has 2 amide bonds. The molecule has 0 atom stereocenters. The van der Waals surface area contributed by atoms with Gasteiger partial charge in [0, 0.05) is 48.5 Å². The molecule has 3 aromatic rings. The number of benzene rings is 2. The Labute approximate surface area is 174 Å². The van der Waals surface area contributed by atoms with Crippen molar-refractivity contribution in [3.8, 4) is 0 Å². The van der Waals surface area contributed by atoms with E-state index in [9.17, 15) is 9.59 Å². The molecule has 2 aromatic carbocycles. The molecular formula is C23H23N3O4. The van der Waals surface area contributed by atoms with E-state index < -0.39 is 5.79 Å². The Morgan fingerprint density at radius 1 is 1.17 bits per heavy atom. The number of carbonyl (C=O) groups is 2. The maximum Gasteiger partial charge on any atom is 0.251 e. The molecule has 5 rings (SSSR count). The van der Waals surface area contributed by atoms with Crippen LogP contribution in [0.1, 0.15) is 27.9 Å². The van der Waals surface area contributed by atoms with Crippen LogP contribution in [0.3, 0.4) is 0 Å². The number of H-pyrrole nitrogens is 1. The molecule has 3 heterocycles. The molecule has 154 valence electrons. The quantitative estimate of drug-likeness (QED) is 0.684. The summed E-state index contributed by atoms with van der Waals surface area (Å²) >= 11 is 0. The van der Waals surface area contributed by atoms with Crippen molar-refractivity contribution < 1.29 is 19.1 Å². The van der Waals surface area contributed by atoms with Crippen LogP contribution in [0.15, 0.2) is 48.7 Å². The molecule has 0 radical (unpaired) electrons. The molecule has 0 aliphatic carbocycles. The molecule has 2 N–H and O–H groups in total. The topological polar surface area (TPSA) is 83.7 Å². The highest BCUT2D eigenvalue weighted by molar-refractivity contribution is 6.01. The van der Waals surface area contributed by atoms with Gasteiger partial charge in [-0.1, -0.05) is 12.1 Å². The third-order valence-corrected chi connectivity index (χ3v) is 5.91. The Morgan fingerprint density at radius 3 is 2.83 bits per heavy atom. The number of carbonyl (C=O) groups excluding carboxylic acids is 2. The van der Waals surface area contributed by atoms with Crippen LogP contribution in [0.2, 0.25) is 0 Å². The average molecular weight is 405 g/mol. The summed E-state index contributed by atoms with van der Waals surface area (Å²) < 4.78 is 12.0. The van der Waals surface area contributed by atoms with Crippen molar-refractivity contribution in [2.75, 3.05) is 31.7 Å². The number of likely N-dealkylation sites (N-methyl/N-ethyl adjacent to an activating group) is 1. The van der Waals surface area contributed by atoms with Crippen molar-refractivity contribution in [3.05, 3.63) is 65.4 Å². The fourth-order valence-corrected chi connectivity index (χ4v) is 4.25. The highest BCUT2D eigenvalue weighted by Gasteiger charge is 2.39. The number of aromatic nitrogens is 1. The molecule has 2 aliphatic heterocycles. The summed E-state index contributed by atoms with van der Waals surface area (Å²) in [6.45, 7) is 1.39. The lowest BCUT2D eigenvalue weighted by molar-refractivity contribution is -0.169. The van der Waals surface area contributed by atoms with E-state index in [0.29, 0.717) is 38.2 Å². The number of nitrogens with zero attached hydrogens (tertiary/aromatic N) is 1.